The van der Waals surface area contributed by atoms with Crippen LogP contribution in [-0.4, -0.2) is 10.3 Å². The van der Waals surface area contributed by atoms with Gasteiger partial charge in [0.15, 0.2) is 0 Å². The average molecular weight is 260 g/mol. The number of rotatable bonds is 3. The van der Waals surface area contributed by atoms with Crippen LogP contribution in [0.3, 0.4) is 0 Å². The zero-order valence-electron chi connectivity index (χ0n) is 7.00. The lowest BCUT2D eigenvalue weighted by atomic mass is 10.4. The van der Waals surface area contributed by atoms with E-state index in [1.165, 1.54) is 0 Å². The zero-order chi connectivity index (χ0) is 9.26. The van der Waals surface area contributed by atoms with E-state index in [-0.39, 0.29) is 0 Å². The van der Waals surface area contributed by atoms with Crippen LogP contribution in [0, 0.1) is 0 Å². The van der Waals surface area contributed by atoms with E-state index in [9.17, 15) is 4.21 Å². The first-order chi connectivity index (χ1) is 6.25. The number of hydrogen-bond acceptors (Lipinski definition) is 1. The lowest BCUT2D eigenvalue weighted by Crippen LogP contribution is -2.19. The molecule has 1 saturated carbocycles. The first kappa shape index (κ1) is 9.37. The monoisotopic (exact) mass is 259 g/mol. The third kappa shape index (κ3) is 2.62. The van der Waals surface area contributed by atoms with Gasteiger partial charge in [0.05, 0.1) is 4.90 Å². The van der Waals surface area contributed by atoms with Crippen LogP contribution in [-0.2, 0) is 11.0 Å². The lowest BCUT2D eigenvalue weighted by molar-refractivity contribution is 0.671. The van der Waals surface area contributed by atoms with Gasteiger partial charge < -0.3 is 0 Å². The molecule has 2 rings (SSSR count). The molecule has 0 aromatic heterocycles. The van der Waals surface area contributed by atoms with Crippen LogP contribution >= 0.6 is 15.9 Å². The Hall–Kier alpha value is -0.190. The summed E-state index contributed by atoms with van der Waals surface area (Å²) in [6.45, 7) is 0. The second kappa shape index (κ2) is 3.90. The fraction of sp³-hybridized carbons (Fsp3) is 0.333. The molecule has 0 bridgehead atoms. The van der Waals surface area contributed by atoms with Crippen molar-refractivity contribution < 1.29 is 4.21 Å². The van der Waals surface area contributed by atoms with Gasteiger partial charge >= 0.3 is 0 Å². The normalized spacial score (nSPS) is 18.5. The molecule has 0 saturated heterocycles. The minimum Gasteiger partial charge on any atom is -0.237 e. The maximum absolute atomic E-state index is 11.6. The van der Waals surface area contributed by atoms with E-state index in [0.29, 0.717) is 6.04 Å². The Kier molecular flexibility index (Phi) is 2.81. The van der Waals surface area contributed by atoms with Gasteiger partial charge in [-0.15, -0.1) is 0 Å². The molecule has 1 aliphatic rings. The van der Waals surface area contributed by atoms with Gasteiger partial charge in [-0.2, -0.15) is 0 Å². The molecule has 0 spiro atoms. The molecule has 70 valence electrons. The molecule has 4 heteroatoms. The predicted octanol–water partition coefficient (Wildman–Crippen LogP) is 2.22. The second-order valence-electron chi connectivity index (χ2n) is 3.11. The molecule has 1 atom stereocenters. The van der Waals surface area contributed by atoms with Crippen LogP contribution < -0.4 is 4.72 Å². The van der Waals surface area contributed by atoms with Crippen LogP contribution in [0.4, 0.5) is 0 Å². The largest absolute Gasteiger partial charge is 0.237 e. The summed E-state index contributed by atoms with van der Waals surface area (Å²) in [5, 5.41) is 0. The molecule has 0 heterocycles. The van der Waals surface area contributed by atoms with Gasteiger partial charge in [-0.25, -0.2) is 8.93 Å². The summed E-state index contributed by atoms with van der Waals surface area (Å²) >= 11 is 3.34. The molecular formula is C9H10BrNOS. The highest BCUT2D eigenvalue weighted by Gasteiger charge is 2.23. The van der Waals surface area contributed by atoms with E-state index < -0.39 is 11.0 Å². The molecule has 1 unspecified atom stereocenters. The minimum absolute atomic E-state index is 0.476. The Morgan fingerprint density at radius 3 is 2.46 bits per heavy atom. The lowest BCUT2D eigenvalue weighted by Gasteiger charge is -2.02. The molecular weight excluding hydrogens is 250 g/mol. The van der Waals surface area contributed by atoms with Crippen LogP contribution in [0.1, 0.15) is 12.8 Å². The Bertz CT molecular complexity index is 321. The zero-order valence-corrected chi connectivity index (χ0v) is 9.40. The highest BCUT2D eigenvalue weighted by atomic mass is 79.9. The first-order valence-electron chi connectivity index (χ1n) is 4.19. The first-order valence-corrected chi connectivity index (χ1v) is 6.13. The summed E-state index contributed by atoms with van der Waals surface area (Å²) in [6.07, 6.45) is 2.31. The Labute approximate surface area is 88.4 Å². The Morgan fingerprint density at radius 1 is 1.31 bits per heavy atom. The van der Waals surface area contributed by atoms with Gasteiger partial charge in [-0.3, -0.25) is 0 Å². The molecule has 0 amide bonds. The third-order valence-corrected chi connectivity index (χ3v) is 3.66. The molecule has 1 aromatic carbocycles. The summed E-state index contributed by atoms with van der Waals surface area (Å²) < 4.78 is 15.7. The molecule has 0 aliphatic heterocycles. The second-order valence-corrected chi connectivity index (χ2v) is 5.28. The third-order valence-electron chi connectivity index (χ3n) is 1.88. The van der Waals surface area contributed by atoms with Crippen molar-refractivity contribution in [1.82, 2.24) is 4.72 Å². The Balaban J connectivity index is 2.05. The van der Waals surface area contributed by atoms with Crippen molar-refractivity contribution in [1.29, 1.82) is 0 Å². The molecule has 0 radical (unpaired) electrons. The molecule has 1 fully saturated rings. The highest BCUT2D eigenvalue weighted by molar-refractivity contribution is 9.10. The Morgan fingerprint density at radius 2 is 1.92 bits per heavy atom. The van der Waals surface area contributed by atoms with E-state index in [4.69, 9.17) is 0 Å². The summed E-state index contributed by atoms with van der Waals surface area (Å²) in [6, 6.07) is 8.03. The van der Waals surface area contributed by atoms with Gasteiger partial charge in [0.2, 0.25) is 0 Å². The van der Waals surface area contributed by atoms with Crippen LogP contribution in [0.15, 0.2) is 33.6 Å². The smallest absolute Gasteiger partial charge is 0.125 e. The summed E-state index contributed by atoms with van der Waals surface area (Å²) in [5.41, 5.74) is 0. The maximum Gasteiger partial charge on any atom is 0.125 e. The number of nitrogens with one attached hydrogen (secondary N) is 1. The van der Waals surface area contributed by atoms with E-state index >= 15 is 0 Å². The predicted molar refractivity (Wildman–Crippen MR) is 56.7 cm³/mol. The summed E-state index contributed by atoms with van der Waals surface area (Å²) in [7, 11) is -1.03. The van der Waals surface area contributed by atoms with E-state index in [0.717, 1.165) is 22.2 Å². The summed E-state index contributed by atoms with van der Waals surface area (Å²) in [4.78, 5) is 0.843. The van der Waals surface area contributed by atoms with Crippen molar-refractivity contribution in [2.45, 2.75) is 23.8 Å². The van der Waals surface area contributed by atoms with Crippen molar-refractivity contribution in [3.63, 3.8) is 0 Å². The van der Waals surface area contributed by atoms with E-state index in [1.54, 1.807) is 0 Å². The SMILES string of the molecule is O=S(NC1CC1)c1ccc(Br)cc1. The highest BCUT2D eigenvalue weighted by Crippen LogP contribution is 2.21. The topological polar surface area (TPSA) is 29.1 Å². The minimum atomic E-state index is -1.03. The van der Waals surface area contributed by atoms with Crippen LogP contribution in [0.5, 0.6) is 0 Å². The standard InChI is InChI=1S/C9H10BrNOS/c10-7-1-5-9(6-2-7)13(12)11-8-3-4-8/h1-2,5-6,8,11H,3-4H2. The molecule has 2 nitrogen and oxygen atoms in total. The number of benzene rings is 1. The van der Waals surface area contributed by atoms with Gasteiger partial charge in [0.25, 0.3) is 0 Å². The van der Waals surface area contributed by atoms with Gasteiger partial charge in [-0.1, -0.05) is 15.9 Å². The van der Waals surface area contributed by atoms with Crippen molar-refractivity contribution in [2.75, 3.05) is 0 Å². The van der Waals surface area contributed by atoms with Crippen molar-refractivity contribution in [3.8, 4) is 0 Å². The quantitative estimate of drug-likeness (QED) is 0.887. The fourth-order valence-electron chi connectivity index (χ4n) is 0.979. The van der Waals surface area contributed by atoms with Gasteiger partial charge in [0, 0.05) is 10.5 Å². The number of hydrogen-bond donors (Lipinski definition) is 1. The van der Waals surface area contributed by atoms with Gasteiger partial charge in [-0.05, 0) is 37.1 Å². The van der Waals surface area contributed by atoms with Crippen LogP contribution in [0.25, 0.3) is 0 Å². The van der Waals surface area contributed by atoms with E-state index in [1.807, 2.05) is 24.3 Å². The average Bonchev–Trinajstić information content (AvgIpc) is 2.89. The maximum atomic E-state index is 11.6. The van der Waals surface area contributed by atoms with E-state index in [2.05, 4.69) is 20.7 Å². The fourth-order valence-corrected chi connectivity index (χ4v) is 2.30. The molecule has 1 aromatic rings. The molecule has 1 aliphatic carbocycles. The van der Waals surface area contributed by atoms with Gasteiger partial charge in [0.1, 0.15) is 11.0 Å². The molecule has 13 heavy (non-hydrogen) atoms. The molecule has 1 N–H and O–H groups in total. The van der Waals surface area contributed by atoms with Crippen molar-refractivity contribution >= 4 is 26.9 Å². The number of halogens is 1. The van der Waals surface area contributed by atoms with Crippen LogP contribution in [0.2, 0.25) is 0 Å². The summed E-state index contributed by atoms with van der Waals surface area (Å²) in [5.74, 6) is 0. The van der Waals surface area contributed by atoms with Crippen molar-refractivity contribution in [3.05, 3.63) is 28.7 Å². The van der Waals surface area contributed by atoms with Crippen molar-refractivity contribution in [2.24, 2.45) is 0 Å².